The van der Waals surface area contributed by atoms with E-state index in [0.29, 0.717) is 6.04 Å². The molecule has 2 nitrogen and oxygen atoms in total. The Morgan fingerprint density at radius 3 is 2.38 bits per heavy atom. The molecule has 0 saturated heterocycles. The third-order valence-corrected chi connectivity index (χ3v) is 4.94. The first kappa shape index (κ1) is 16.5. The summed E-state index contributed by atoms with van der Waals surface area (Å²) in [4.78, 5) is 0. The largest absolute Gasteiger partial charge is 0.377 e. The molecule has 0 heterocycles. The smallest absolute Gasteiger partial charge is 0.0834 e. The number of rotatable bonds is 7. The zero-order valence-corrected chi connectivity index (χ0v) is 14.0. The monoisotopic (exact) mass is 289 g/mol. The molecular formula is C19H31NO. The van der Waals surface area contributed by atoms with E-state index in [0.717, 1.165) is 13.0 Å². The highest BCUT2D eigenvalue weighted by molar-refractivity contribution is 5.23. The molecule has 1 aromatic rings. The predicted molar refractivity (Wildman–Crippen MR) is 89.8 cm³/mol. The second-order valence-electron chi connectivity index (χ2n) is 6.53. The molecule has 1 unspecified atom stereocenters. The molecule has 1 aliphatic carbocycles. The first-order valence-electron chi connectivity index (χ1n) is 8.54. The Bertz CT molecular complexity index is 406. The van der Waals surface area contributed by atoms with E-state index in [1.165, 1.54) is 49.7 Å². The number of hydrogen-bond donors (Lipinski definition) is 1. The normalized spacial score (nSPS) is 19.4. The summed E-state index contributed by atoms with van der Waals surface area (Å²) < 4.78 is 6.07. The van der Waals surface area contributed by atoms with Gasteiger partial charge in [-0.15, -0.1) is 0 Å². The summed E-state index contributed by atoms with van der Waals surface area (Å²) in [5.74, 6) is 0. The molecule has 1 fully saturated rings. The molecule has 1 N–H and O–H groups in total. The van der Waals surface area contributed by atoms with Gasteiger partial charge in [-0.1, -0.05) is 56.0 Å². The fourth-order valence-electron chi connectivity index (χ4n) is 3.57. The van der Waals surface area contributed by atoms with Gasteiger partial charge in [-0.3, -0.25) is 0 Å². The van der Waals surface area contributed by atoms with Crippen LogP contribution in [0.3, 0.4) is 0 Å². The van der Waals surface area contributed by atoms with Crippen molar-refractivity contribution in [2.75, 3.05) is 13.7 Å². The van der Waals surface area contributed by atoms with Gasteiger partial charge < -0.3 is 10.1 Å². The van der Waals surface area contributed by atoms with Crippen molar-refractivity contribution in [3.05, 3.63) is 35.4 Å². The quantitative estimate of drug-likeness (QED) is 0.810. The number of methoxy groups -OCH3 is 1. The van der Waals surface area contributed by atoms with E-state index >= 15 is 0 Å². The third-order valence-electron chi connectivity index (χ3n) is 4.94. The Labute approximate surface area is 130 Å². The van der Waals surface area contributed by atoms with E-state index in [2.05, 4.69) is 43.4 Å². The molecule has 1 aromatic carbocycles. The summed E-state index contributed by atoms with van der Waals surface area (Å²) in [6.07, 6.45) is 8.57. The molecular weight excluding hydrogens is 258 g/mol. The van der Waals surface area contributed by atoms with Crippen LogP contribution in [0, 0.1) is 6.92 Å². The lowest BCUT2D eigenvalue weighted by Gasteiger charge is -2.43. The Morgan fingerprint density at radius 2 is 1.81 bits per heavy atom. The third kappa shape index (κ3) is 4.31. The minimum Gasteiger partial charge on any atom is -0.377 e. The molecule has 0 aliphatic heterocycles. The summed E-state index contributed by atoms with van der Waals surface area (Å²) >= 11 is 0. The number of hydrogen-bond acceptors (Lipinski definition) is 2. The van der Waals surface area contributed by atoms with Gasteiger partial charge in [0, 0.05) is 13.2 Å². The number of aryl methyl sites for hydroxylation is 1. The summed E-state index contributed by atoms with van der Waals surface area (Å²) in [5.41, 5.74) is 2.77. The van der Waals surface area contributed by atoms with E-state index in [-0.39, 0.29) is 5.60 Å². The van der Waals surface area contributed by atoms with Crippen molar-refractivity contribution in [1.82, 2.24) is 5.32 Å². The lowest BCUT2D eigenvalue weighted by atomic mass is 9.77. The standard InChI is InChI=1S/C19H31NO/c1-4-14-20-18(15-17-10-8-16(2)9-11-17)19(21-3)12-6-5-7-13-19/h8-11,18,20H,4-7,12-15H2,1-3H3. The van der Waals surface area contributed by atoms with Crippen LogP contribution in [-0.2, 0) is 11.2 Å². The maximum Gasteiger partial charge on any atom is 0.0834 e. The van der Waals surface area contributed by atoms with Crippen molar-refractivity contribution >= 4 is 0 Å². The van der Waals surface area contributed by atoms with Crippen molar-refractivity contribution in [2.24, 2.45) is 0 Å². The van der Waals surface area contributed by atoms with Gasteiger partial charge in [0.05, 0.1) is 5.60 Å². The summed E-state index contributed by atoms with van der Waals surface area (Å²) in [5, 5.41) is 3.77. The van der Waals surface area contributed by atoms with Crippen molar-refractivity contribution in [3.63, 3.8) is 0 Å². The van der Waals surface area contributed by atoms with Crippen LogP contribution in [0.15, 0.2) is 24.3 Å². The topological polar surface area (TPSA) is 21.3 Å². The first-order chi connectivity index (χ1) is 10.2. The average molecular weight is 289 g/mol. The predicted octanol–water partition coefficient (Wildman–Crippen LogP) is 4.26. The fourth-order valence-corrected chi connectivity index (χ4v) is 3.57. The molecule has 1 saturated carbocycles. The Kier molecular flexibility index (Phi) is 6.25. The lowest BCUT2D eigenvalue weighted by molar-refractivity contribution is -0.0672. The molecule has 0 radical (unpaired) electrons. The van der Waals surface area contributed by atoms with Crippen LogP contribution in [0.25, 0.3) is 0 Å². The van der Waals surface area contributed by atoms with Crippen molar-refractivity contribution < 1.29 is 4.74 Å². The van der Waals surface area contributed by atoms with Gasteiger partial charge in [0.25, 0.3) is 0 Å². The molecule has 21 heavy (non-hydrogen) atoms. The molecule has 118 valence electrons. The lowest BCUT2D eigenvalue weighted by Crippen LogP contribution is -2.54. The second-order valence-corrected chi connectivity index (χ2v) is 6.53. The highest BCUT2D eigenvalue weighted by Gasteiger charge is 2.39. The van der Waals surface area contributed by atoms with Gasteiger partial charge in [0.2, 0.25) is 0 Å². The van der Waals surface area contributed by atoms with E-state index in [1.54, 1.807) is 0 Å². The minimum absolute atomic E-state index is 0.0261. The highest BCUT2D eigenvalue weighted by atomic mass is 16.5. The van der Waals surface area contributed by atoms with Crippen LogP contribution in [-0.4, -0.2) is 25.3 Å². The van der Waals surface area contributed by atoms with Crippen molar-refractivity contribution in [1.29, 1.82) is 0 Å². The Balaban J connectivity index is 2.13. The van der Waals surface area contributed by atoms with Crippen LogP contribution >= 0.6 is 0 Å². The van der Waals surface area contributed by atoms with Crippen molar-refractivity contribution in [3.8, 4) is 0 Å². The maximum absolute atomic E-state index is 6.07. The number of ether oxygens (including phenoxy) is 1. The van der Waals surface area contributed by atoms with Gasteiger partial charge in [0.1, 0.15) is 0 Å². The molecule has 0 bridgehead atoms. The zero-order chi connectivity index (χ0) is 15.1. The van der Waals surface area contributed by atoms with E-state index in [4.69, 9.17) is 4.74 Å². The van der Waals surface area contributed by atoms with Gasteiger partial charge in [0.15, 0.2) is 0 Å². The van der Waals surface area contributed by atoms with E-state index < -0.39 is 0 Å². The average Bonchev–Trinajstić information content (AvgIpc) is 2.54. The maximum atomic E-state index is 6.07. The fraction of sp³-hybridized carbons (Fsp3) is 0.684. The van der Waals surface area contributed by atoms with Gasteiger partial charge in [-0.05, 0) is 44.7 Å². The molecule has 0 aromatic heterocycles. The van der Waals surface area contributed by atoms with Gasteiger partial charge in [-0.2, -0.15) is 0 Å². The van der Waals surface area contributed by atoms with Gasteiger partial charge >= 0.3 is 0 Å². The second kappa shape index (κ2) is 7.95. The Morgan fingerprint density at radius 1 is 1.14 bits per heavy atom. The molecule has 2 heteroatoms. The van der Waals surface area contributed by atoms with Crippen LogP contribution in [0.4, 0.5) is 0 Å². The highest BCUT2D eigenvalue weighted by Crippen LogP contribution is 2.35. The first-order valence-corrected chi connectivity index (χ1v) is 8.54. The minimum atomic E-state index is 0.0261. The molecule has 0 spiro atoms. The summed E-state index contributed by atoms with van der Waals surface area (Å²) in [6, 6.07) is 9.38. The summed E-state index contributed by atoms with van der Waals surface area (Å²) in [7, 11) is 1.90. The molecule has 2 rings (SSSR count). The van der Waals surface area contributed by atoms with E-state index in [1.807, 2.05) is 7.11 Å². The Hall–Kier alpha value is -0.860. The number of benzene rings is 1. The van der Waals surface area contributed by atoms with Crippen LogP contribution < -0.4 is 5.32 Å². The van der Waals surface area contributed by atoms with Crippen LogP contribution in [0.5, 0.6) is 0 Å². The van der Waals surface area contributed by atoms with Crippen LogP contribution in [0.1, 0.15) is 56.6 Å². The molecule has 0 amide bonds. The number of nitrogens with one attached hydrogen (secondary N) is 1. The van der Waals surface area contributed by atoms with Gasteiger partial charge in [-0.25, -0.2) is 0 Å². The zero-order valence-electron chi connectivity index (χ0n) is 14.0. The van der Waals surface area contributed by atoms with Crippen LogP contribution in [0.2, 0.25) is 0 Å². The molecule has 1 aliphatic rings. The SMILES string of the molecule is CCCNC(Cc1ccc(C)cc1)C1(OC)CCCCC1. The van der Waals surface area contributed by atoms with Crippen molar-refractivity contribution in [2.45, 2.75) is 70.4 Å². The summed E-state index contributed by atoms with van der Waals surface area (Å²) in [6.45, 7) is 5.45. The molecule has 1 atom stereocenters. The van der Waals surface area contributed by atoms with E-state index in [9.17, 15) is 0 Å².